The Labute approximate surface area is 152 Å². The van der Waals surface area contributed by atoms with Crippen LogP contribution in [0.3, 0.4) is 0 Å². The molecule has 2 aromatic rings. The molecule has 0 radical (unpaired) electrons. The van der Waals surface area contributed by atoms with Gasteiger partial charge in [-0.3, -0.25) is 0 Å². The minimum atomic E-state index is -4.44. The monoisotopic (exact) mass is 377 g/mol. The third kappa shape index (κ3) is 3.79. The normalized spacial score (nSPS) is 15.5. The third-order valence-corrected chi connectivity index (χ3v) is 3.81. The van der Waals surface area contributed by atoms with Gasteiger partial charge >= 0.3 is 12.1 Å². The first kappa shape index (κ1) is 18.5. The summed E-state index contributed by atoms with van der Waals surface area (Å²) in [5, 5.41) is 0. The summed E-state index contributed by atoms with van der Waals surface area (Å²) in [5.41, 5.74) is 0.00286. The largest absolute Gasteiger partial charge is 0.493 e. The van der Waals surface area contributed by atoms with E-state index in [9.17, 15) is 18.0 Å². The number of halogens is 3. The van der Waals surface area contributed by atoms with Gasteiger partial charge in [0.2, 0.25) is 5.90 Å². The smallest absolute Gasteiger partial charge is 0.416 e. The van der Waals surface area contributed by atoms with Crippen LogP contribution >= 0.6 is 0 Å². The number of methoxy groups -OCH3 is 2. The summed E-state index contributed by atoms with van der Waals surface area (Å²) in [6.07, 6.45) is -2.98. The zero-order valence-electron chi connectivity index (χ0n) is 14.3. The minimum absolute atomic E-state index is 0.00329. The standard InChI is InChI=1S/C19H14F3NO4/c1-25-15-5-3-4-12(16(15)26-2)10-14-18(24)27-17(23-14)11-6-8-13(9-7-11)19(20,21)22/h3-10H,1-2H3/b14-10+. The molecule has 0 aliphatic carbocycles. The van der Waals surface area contributed by atoms with Crippen LogP contribution in [-0.2, 0) is 15.7 Å². The van der Waals surface area contributed by atoms with E-state index in [0.717, 1.165) is 12.1 Å². The second-order valence-electron chi connectivity index (χ2n) is 5.49. The van der Waals surface area contributed by atoms with Crippen molar-refractivity contribution in [2.75, 3.05) is 14.2 Å². The van der Waals surface area contributed by atoms with E-state index in [-0.39, 0.29) is 17.2 Å². The van der Waals surface area contributed by atoms with Crippen molar-refractivity contribution in [2.45, 2.75) is 6.18 Å². The van der Waals surface area contributed by atoms with E-state index in [1.165, 1.54) is 32.4 Å². The van der Waals surface area contributed by atoms with Gasteiger partial charge in [0.05, 0.1) is 19.8 Å². The van der Waals surface area contributed by atoms with Crippen LogP contribution in [0.2, 0.25) is 0 Å². The van der Waals surface area contributed by atoms with E-state index >= 15 is 0 Å². The highest BCUT2D eigenvalue weighted by Gasteiger charge is 2.31. The van der Waals surface area contributed by atoms with Gasteiger partial charge in [-0.1, -0.05) is 12.1 Å². The van der Waals surface area contributed by atoms with Gasteiger partial charge in [-0.15, -0.1) is 0 Å². The first-order valence-corrected chi connectivity index (χ1v) is 7.74. The van der Waals surface area contributed by atoms with Gasteiger partial charge in [-0.05, 0) is 36.4 Å². The fourth-order valence-electron chi connectivity index (χ4n) is 2.51. The topological polar surface area (TPSA) is 57.1 Å². The maximum absolute atomic E-state index is 12.6. The number of nitrogens with zero attached hydrogens (tertiary/aromatic N) is 1. The Balaban J connectivity index is 1.94. The van der Waals surface area contributed by atoms with Gasteiger partial charge in [0.15, 0.2) is 17.2 Å². The van der Waals surface area contributed by atoms with Crippen LogP contribution < -0.4 is 9.47 Å². The van der Waals surface area contributed by atoms with E-state index in [4.69, 9.17) is 14.2 Å². The molecule has 140 valence electrons. The molecule has 1 aliphatic rings. The van der Waals surface area contributed by atoms with Gasteiger partial charge in [0.1, 0.15) is 0 Å². The van der Waals surface area contributed by atoms with E-state index in [2.05, 4.69) is 4.99 Å². The maximum Gasteiger partial charge on any atom is 0.416 e. The number of hydrogen-bond donors (Lipinski definition) is 0. The molecular weight excluding hydrogens is 363 g/mol. The average Bonchev–Trinajstić information content (AvgIpc) is 3.01. The van der Waals surface area contributed by atoms with E-state index < -0.39 is 17.7 Å². The highest BCUT2D eigenvalue weighted by molar-refractivity contribution is 6.13. The Morgan fingerprint density at radius 1 is 1.04 bits per heavy atom. The van der Waals surface area contributed by atoms with Crippen LogP contribution in [-0.4, -0.2) is 26.1 Å². The predicted molar refractivity (Wildman–Crippen MR) is 91.6 cm³/mol. The molecule has 1 heterocycles. The van der Waals surface area contributed by atoms with Crippen molar-refractivity contribution in [1.29, 1.82) is 0 Å². The Hall–Kier alpha value is -3.29. The molecule has 0 atom stereocenters. The first-order chi connectivity index (χ1) is 12.8. The van der Waals surface area contributed by atoms with Crippen molar-refractivity contribution in [1.82, 2.24) is 0 Å². The molecule has 1 aliphatic heterocycles. The molecular formula is C19H14F3NO4. The number of ether oxygens (including phenoxy) is 3. The molecule has 27 heavy (non-hydrogen) atoms. The Bertz CT molecular complexity index is 931. The molecule has 0 N–H and O–H groups in total. The summed E-state index contributed by atoms with van der Waals surface area (Å²) in [6, 6.07) is 9.32. The number of carbonyl (C=O) groups excluding carboxylic acids is 1. The summed E-state index contributed by atoms with van der Waals surface area (Å²) < 4.78 is 53.5. The van der Waals surface area contributed by atoms with Crippen molar-refractivity contribution >= 4 is 17.9 Å². The van der Waals surface area contributed by atoms with E-state index in [1.54, 1.807) is 18.2 Å². The number of cyclic esters (lactones) is 1. The quantitative estimate of drug-likeness (QED) is 0.595. The highest BCUT2D eigenvalue weighted by Crippen LogP contribution is 2.33. The molecule has 5 nitrogen and oxygen atoms in total. The van der Waals surface area contributed by atoms with Gasteiger partial charge in [-0.25, -0.2) is 9.79 Å². The number of aliphatic imine (C=N–C) groups is 1. The fraction of sp³-hybridized carbons (Fsp3) is 0.158. The van der Waals surface area contributed by atoms with Crippen LogP contribution in [0.25, 0.3) is 6.08 Å². The van der Waals surface area contributed by atoms with Crippen LogP contribution in [0.1, 0.15) is 16.7 Å². The van der Waals surface area contributed by atoms with Gasteiger partial charge < -0.3 is 14.2 Å². The lowest BCUT2D eigenvalue weighted by Gasteiger charge is -2.09. The van der Waals surface area contributed by atoms with Crippen molar-refractivity contribution < 1.29 is 32.2 Å². The summed E-state index contributed by atoms with van der Waals surface area (Å²) in [7, 11) is 2.95. The Morgan fingerprint density at radius 3 is 2.33 bits per heavy atom. The molecule has 0 saturated carbocycles. The lowest BCUT2D eigenvalue weighted by Crippen LogP contribution is -2.08. The van der Waals surface area contributed by atoms with Crippen molar-refractivity contribution in [2.24, 2.45) is 4.99 Å². The van der Waals surface area contributed by atoms with Gasteiger partial charge in [-0.2, -0.15) is 13.2 Å². The molecule has 0 unspecified atom stereocenters. The van der Waals surface area contributed by atoms with Crippen LogP contribution in [0, 0.1) is 0 Å². The SMILES string of the molecule is COc1cccc(/C=C2/N=C(c3ccc(C(F)(F)F)cc3)OC2=O)c1OC. The first-order valence-electron chi connectivity index (χ1n) is 7.74. The molecule has 0 bridgehead atoms. The average molecular weight is 377 g/mol. The van der Waals surface area contributed by atoms with Crippen molar-refractivity contribution in [3.63, 3.8) is 0 Å². The lowest BCUT2D eigenvalue weighted by atomic mass is 10.1. The summed E-state index contributed by atoms with van der Waals surface area (Å²) in [5.74, 6) is 0.111. The van der Waals surface area contributed by atoms with Gasteiger partial charge in [0, 0.05) is 11.1 Å². The molecule has 0 aromatic heterocycles. The number of carbonyl (C=O) groups is 1. The lowest BCUT2D eigenvalue weighted by molar-refractivity contribution is -0.137. The van der Waals surface area contributed by atoms with Crippen LogP contribution in [0.4, 0.5) is 13.2 Å². The maximum atomic E-state index is 12.6. The third-order valence-electron chi connectivity index (χ3n) is 3.81. The molecule has 2 aromatic carbocycles. The molecule has 3 rings (SSSR count). The fourth-order valence-corrected chi connectivity index (χ4v) is 2.51. The predicted octanol–water partition coefficient (Wildman–Crippen LogP) is 4.07. The summed E-state index contributed by atoms with van der Waals surface area (Å²) in [6.45, 7) is 0. The second kappa shape index (κ2) is 7.14. The minimum Gasteiger partial charge on any atom is -0.493 e. The van der Waals surface area contributed by atoms with Crippen LogP contribution in [0.15, 0.2) is 53.2 Å². The summed E-state index contributed by atoms with van der Waals surface area (Å²) in [4.78, 5) is 16.2. The Morgan fingerprint density at radius 2 is 1.74 bits per heavy atom. The van der Waals surface area contributed by atoms with Crippen LogP contribution in [0.5, 0.6) is 11.5 Å². The van der Waals surface area contributed by atoms with Crippen molar-refractivity contribution in [3.8, 4) is 11.5 Å². The summed E-state index contributed by atoms with van der Waals surface area (Å²) >= 11 is 0. The molecule has 0 saturated heterocycles. The second-order valence-corrected chi connectivity index (χ2v) is 5.49. The molecule has 0 amide bonds. The molecule has 0 fully saturated rings. The highest BCUT2D eigenvalue weighted by atomic mass is 19.4. The van der Waals surface area contributed by atoms with Crippen molar-refractivity contribution in [3.05, 3.63) is 64.9 Å². The molecule has 8 heteroatoms. The number of esters is 1. The zero-order chi connectivity index (χ0) is 19.6. The van der Waals surface area contributed by atoms with Gasteiger partial charge in [0.25, 0.3) is 0 Å². The number of para-hydroxylation sites is 1. The number of benzene rings is 2. The van der Waals surface area contributed by atoms with E-state index in [0.29, 0.717) is 17.1 Å². The Kier molecular flexibility index (Phi) is 4.89. The number of alkyl halides is 3. The number of rotatable bonds is 4. The molecule has 0 spiro atoms. The number of hydrogen-bond acceptors (Lipinski definition) is 5. The van der Waals surface area contributed by atoms with E-state index in [1.807, 2.05) is 0 Å². The zero-order valence-corrected chi connectivity index (χ0v) is 14.3.